The Morgan fingerprint density at radius 3 is 2.71 bits per heavy atom. The number of hydrogen-bond acceptors (Lipinski definition) is 2. The summed E-state index contributed by atoms with van der Waals surface area (Å²) in [5.41, 5.74) is 2.15. The number of nitrogens with zero attached hydrogens (tertiary/aromatic N) is 2. The summed E-state index contributed by atoms with van der Waals surface area (Å²) in [7, 11) is 0. The molecule has 0 saturated heterocycles. The summed E-state index contributed by atoms with van der Waals surface area (Å²) >= 11 is 0. The topological polar surface area (TPSA) is 27.1 Å². The van der Waals surface area contributed by atoms with Crippen LogP contribution < -0.4 is 4.74 Å². The Hall–Kier alpha value is -1.77. The fourth-order valence-electron chi connectivity index (χ4n) is 1.74. The van der Waals surface area contributed by atoms with Crippen molar-refractivity contribution in [2.24, 2.45) is 0 Å². The lowest BCUT2D eigenvalue weighted by atomic mass is 10.2. The van der Waals surface area contributed by atoms with Gasteiger partial charge in [0.25, 0.3) is 0 Å². The van der Waals surface area contributed by atoms with Crippen LogP contribution in [-0.4, -0.2) is 16.4 Å². The van der Waals surface area contributed by atoms with Crippen LogP contribution in [0.4, 0.5) is 0 Å². The summed E-state index contributed by atoms with van der Waals surface area (Å²) in [6.07, 6.45) is 2.59. The van der Waals surface area contributed by atoms with E-state index in [1.165, 1.54) is 5.56 Å². The number of ether oxygens (including phenoxy) is 1. The average molecular weight is 229 g/mol. The van der Waals surface area contributed by atoms with Gasteiger partial charge in [-0.05, 0) is 25.8 Å². The van der Waals surface area contributed by atoms with Crippen molar-refractivity contribution in [2.45, 2.75) is 19.9 Å². The Balaban J connectivity index is 2.16. The van der Waals surface area contributed by atoms with Crippen LogP contribution in [0, 0.1) is 6.92 Å². The molecule has 0 atom stereocenters. The van der Waals surface area contributed by atoms with Gasteiger partial charge in [-0.25, -0.2) is 0 Å². The minimum Gasteiger partial charge on any atom is -0.490 e. The van der Waals surface area contributed by atoms with Crippen LogP contribution in [0.2, 0.25) is 0 Å². The summed E-state index contributed by atoms with van der Waals surface area (Å²) in [6.45, 7) is 7.26. The molecule has 3 nitrogen and oxygen atoms in total. The van der Waals surface area contributed by atoms with E-state index in [-0.39, 0.29) is 0 Å². The molecular formula is C14H17N2O. The third kappa shape index (κ3) is 2.87. The van der Waals surface area contributed by atoms with Gasteiger partial charge in [0.1, 0.15) is 5.69 Å². The Bertz CT molecular complexity index is 462. The first-order valence-electron chi connectivity index (χ1n) is 5.85. The highest BCUT2D eigenvalue weighted by Gasteiger charge is 2.08. The van der Waals surface area contributed by atoms with Gasteiger partial charge in [0.2, 0.25) is 0 Å². The van der Waals surface area contributed by atoms with Crippen LogP contribution in [0.1, 0.15) is 18.2 Å². The molecule has 1 aromatic carbocycles. The van der Waals surface area contributed by atoms with E-state index in [9.17, 15) is 0 Å². The molecule has 0 N–H and O–H groups in total. The highest BCUT2D eigenvalue weighted by atomic mass is 16.5. The van der Waals surface area contributed by atoms with Crippen molar-refractivity contribution in [1.29, 1.82) is 0 Å². The van der Waals surface area contributed by atoms with E-state index in [2.05, 4.69) is 24.2 Å². The van der Waals surface area contributed by atoms with Crippen molar-refractivity contribution < 1.29 is 4.74 Å². The van der Waals surface area contributed by atoms with Gasteiger partial charge in [-0.2, -0.15) is 5.10 Å². The van der Waals surface area contributed by atoms with Crippen molar-refractivity contribution in [3.05, 3.63) is 54.7 Å². The predicted molar refractivity (Wildman–Crippen MR) is 68.0 cm³/mol. The molecule has 3 heteroatoms. The largest absolute Gasteiger partial charge is 0.490 e. The zero-order valence-corrected chi connectivity index (χ0v) is 10.1. The van der Waals surface area contributed by atoms with E-state index < -0.39 is 0 Å². The Kier molecular flexibility index (Phi) is 3.81. The van der Waals surface area contributed by atoms with Gasteiger partial charge in [-0.3, -0.25) is 4.68 Å². The zero-order chi connectivity index (χ0) is 12.1. The third-order valence-electron chi connectivity index (χ3n) is 2.52. The normalized spacial score (nSPS) is 10.5. The van der Waals surface area contributed by atoms with Crippen LogP contribution in [0.3, 0.4) is 0 Å². The van der Waals surface area contributed by atoms with Crippen LogP contribution in [0.15, 0.2) is 36.5 Å². The van der Waals surface area contributed by atoms with Gasteiger partial charge in [0.15, 0.2) is 5.75 Å². The standard InChI is InChI=1S/C14H17N2O/c1-3-13-14(17-4-2)11-16(15-13)10-12-8-6-5-7-9-12/h5-9,11H,1,3-4,10H2,2H3. The maximum absolute atomic E-state index is 5.52. The van der Waals surface area contributed by atoms with Crippen molar-refractivity contribution >= 4 is 0 Å². The minimum absolute atomic E-state index is 0.650. The number of rotatable bonds is 5. The van der Waals surface area contributed by atoms with Crippen LogP contribution in [0.5, 0.6) is 5.75 Å². The first-order valence-corrected chi connectivity index (χ1v) is 5.85. The van der Waals surface area contributed by atoms with E-state index in [0.717, 1.165) is 18.0 Å². The lowest BCUT2D eigenvalue weighted by molar-refractivity contribution is 0.337. The third-order valence-corrected chi connectivity index (χ3v) is 2.52. The van der Waals surface area contributed by atoms with Crippen LogP contribution in [0.25, 0.3) is 0 Å². The number of benzene rings is 1. The smallest absolute Gasteiger partial charge is 0.160 e. The molecule has 0 spiro atoms. The molecule has 2 rings (SSSR count). The minimum atomic E-state index is 0.650. The molecule has 1 radical (unpaired) electrons. The summed E-state index contributed by atoms with van der Waals surface area (Å²) in [5.74, 6) is 0.846. The molecule has 0 aliphatic heterocycles. The second-order valence-corrected chi connectivity index (χ2v) is 3.81. The number of aromatic nitrogens is 2. The predicted octanol–water partition coefficient (Wildman–Crippen LogP) is 2.71. The lowest BCUT2D eigenvalue weighted by Gasteiger charge is -2.00. The molecule has 0 aliphatic carbocycles. The monoisotopic (exact) mass is 229 g/mol. The molecule has 17 heavy (non-hydrogen) atoms. The average Bonchev–Trinajstić information content (AvgIpc) is 2.73. The van der Waals surface area contributed by atoms with E-state index in [1.54, 1.807) is 0 Å². The van der Waals surface area contributed by atoms with E-state index in [1.807, 2.05) is 36.0 Å². The molecule has 0 unspecified atom stereocenters. The molecule has 1 aromatic heterocycles. The van der Waals surface area contributed by atoms with Crippen molar-refractivity contribution in [1.82, 2.24) is 9.78 Å². The second kappa shape index (κ2) is 5.53. The quantitative estimate of drug-likeness (QED) is 0.788. The Morgan fingerprint density at radius 2 is 2.06 bits per heavy atom. The van der Waals surface area contributed by atoms with Gasteiger partial charge in [0, 0.05) is 0 Å². The van der Waals surface area contributed by atoms with Crippen molar-refractivity contribution in [2.75, 3.05) is 6.61 Å². The van der Waals surface area contributed by atoms with Crippen molar-refractivity contribution in [3.63, 3.8) is 0 Å². The van der Waals surface area contributed by atoms with Crippen LogP contribution >= 0.6 is 0 Å². The van der Waals surface area contributed by atoms with Gasteiger partial charge in [-0.15, -0.1) is 0 Å². The van der Waals surface area contributed by atoms with Gasteiger partial charge >= 0.3 is 0 Å². The maximum Gasteiger partial charge on any atom is 0.160 e. The van der Waals surface area contributed by atoms with Crippen molar-refractivity contribution in [3.8, 4) is 5.75 Å². The summed E-state index contributed by atoms with van der Waals surface area (Å²) in [5, 5.41) is 4.47. The fourth-order valence-corrected chi connectivity index (χ4v) is 1.74. The summed E-state index contributed by atoms with van der Waals surface area (Å²) < 4.78 is 7.43. The molecule has 0 fully saturated rings. The zero-order valence-electron chi connectivity index (χ0n) is 10.1. The van der Waals surface area contributed by atoms with E-state index >= 15 is 0 Å². The van der Waals surface area contributed by atoms with E-state index in [4.69, 9.17) is 4.74 Å². The first kappa shape index (κ1) is 11.7. The lowest BCUT2D eigenvalue weighted by Crippen LogP contribution is -2.00. The molecule has 0 amide bonds. The number of hydrogen-bond donors (Lipinski definition) is 0. The van der Waals surface area contributed by atoms with Gasteiger partial charge in [-0.1, -0.05) is 30.3 Å². The molecule has 0 aliphatic rings. The molecule has 0 saturated carbocycles. The Morgan fingerprint density at radius 1 is 1.29 bits per heavy atom. The summed E-state index contributed by atoms with van der Waals surface area (Å²) in [6, 6.07) is 10.3. The molecular weight excluding hydrogens is 212 g/mol. The maximum atomic E-state index is 5.52. The van der Waals surface area contributed by atoms with Gasteiger partial charge in [0.05, 0.1) is 19.3 Å². The van der Waals surface area contributed by atoms with Gasteiger partial charge < -0.3 is 4.74 Å². The second-order valence-electron chi connectivity index (χ2n) is 3.81. The fraction of sp³-hybridized carbons (Fsp3) is 0.286. The highest BCUT2D eigenvalue weighted by molar-refractivity contribution is 5.26. The molecule has 1 heterocycles. The molecule has 89 valence electrons. The van der Waals surface area contributed by atoms with E-state index in [0.29, 0.717) is 13.0 Å². The Labute approximate surface area is 102 Å². The van der Waals surface area contributed by atoms with Crippen LogP contribution in [-0.2, 0) is 13.0 Å². The molecule has 0 bridgehead atoms. The summed E-state index contributed by atoms with van der Waals surface area (Å²) in [4.78, 5) is 0. The molecule has 2 aromatic rings. The first-order chi connectivity index (χ1) is 8.33. The SMILES string of the molecule is [CH2]Cc1nn(Cc2ccccc2)cc1OCC. The highest BCUT2D eigenvalue weighted by Crippen LogP contribution is 2.18.